The molecule has 0 bridgehead atoms. The summed E-state index contributed by atoms with van der Waals surface area (Å²) >= 11 is 0. The van der Waals surface area contributed by atoms with Crippen LogP contribution in [0.3, 0.4) is 0 Å². The van der Waals surface area contributed by atoms with Crippen LogP contribution in [0.4, 0.5) is 4.79 Å². The highest BCUT2D eigenvalue weighted by Gasteiger charge is 2.41. The van der Waals surface area contributed by atoms with E-state index in [0.717, 1.165) is 6.42 Å². The van der Waals surface area contributed by atoms with Crippen molar-refractivity contribution in [3.8, 4) is 0 Å². The van der Waals surface area contributed by atoms with Crippen molar-refractivity contribution in [1.82, 2.24) is 9.80 Å². The third-order valence-electron chi connectivity index (χ3n) is 2.94. The summed E-state index contributed by atoms with van der Waals surface area (Å²) in [5.74, 6) is -1.04. The van der Waals surface area contributed by atoms with Crippen LogP contribution in [-0.2, 0) is 4.79 Å². The summed E-state index contributed by atoms with van der Waals surface area (Å²) < 4.78 is 0. The fraction of sp³-hybridized carbons (Fsp3) is 0.778. The van der Waals surface area contributed by atoms with Gasteiger partial charge in [-0.1, -0.05) is 0 Å². The molecule has 2 aliphatic rings. The molecule has 0 aromatic heterocycles. The monoisotopic (exact) mass is 214 g/mol. The van der Waals surface area contributed by atoms with Crippen molar-refractivity contribution in [2.24, 2.45) is 0 Å². The number of carboxylic acids is 1. The van der Waals surface area contributed by atoms with Gasteiger partial charge < -0.3 is 20.0 Å². The third-order valence-corrected chi connectivity index (χ3v) is 2.94. The molecule has 2 saturated heterocycles. The summed E-state index contributed by atoms with van der Waals surface area (Å²) in [6, 6.07) is -1.13. The number of nitrogens with zero attached hydrogens (tertiary/aromatic N) is 2. The predicted molar refractivity (Wildman–Crippen MR) is 50.3 cm³/mol. The summed E-state index contributed by atoms with van der Waals surface area (Å²) in [4.78, 5) is 25.5. The van der Waals surface area contributed by atoms with Crippen LogP contribution in [0.5, 0.6) is 0 Å². The lowest BCUT2D eigenvalue weighted by atomic mass is 10.2. The molecular formula is C9H14N2O4. The fourth-order valence-corrected chi connectivity index (χ4v) is 1.95. The number of carboxylic acid groups (broad SMARTS) is 1. The molecule has 0 aromatic rings. The number of rotatable bonds is 1. The Morgan fingerprint density at radius 1 is 1.27 bits per heavy atom. The number of amides is 2. The van der Waals surface area contributed by atoms with E-state index in [4.69, 9.17) is 5.11 Å². The SMILES string of the molecule is O=C(O)[C@@H]1CC(O)CN1C(=O)N1CCC1. The van der Waals surface area contributed by atoms with Gasteiger partial charge in [0.15, 0.2) is 0 Å². The number of hydrogen-bond acceptors (Lipinski definition) is 3. The number of aliphatic carboxylic acids is 1. The smallest absolute Gasteiger partial charge is 0.326 e. The largest absolute Gasteiger partial charge is 0.480 e. The Morgan fingerprint density at radius 3 is 2.40 bits per heavy atom. The number of aliphatic hydroxyl groups is 1. The molecule has 0 spiro atoms. The van der Waals surface area contributed by atoms with Gasteiger partial charge in [-0.15, -0.1) is 0 Å². The highest BCUT2D eigenvalue weighted by molar-refractivity contribution is 5.83. The van der Waals surface area contributed by atoms with Crippen LogP contribution < -0.4 is 0 Å². The van der Waals surface area contributed by atoms with E-state index in [9.17, 15) is 14.7 Å². The Balaban J connectivity index is 2.05. The molecule has 2 rings (SSSR count). The van der Waals surface area contributed by atoms with Gasteiger partial charge in [0, 0.05) is 26.1 Å². The van der Waals surface area contributed by atoms with E-state index in [-0.39, 0.29) is 19.0 Å². The Hall–Kier alpha value is -1.30. The van der Waals surface area contributed by atoms with Crippen LogP contribution in [0.1, 0.15) is 12.8 Å². The molecule has 0 saturated carbocycles. The molecule has 2 N–H and O–H groups in total. The predicted octanol–water partition coefficient (Wildman–Crippen LogP) is -0.668. The molecule has 6 nitrogen and oxygen atoms in total. The zero-order valence-corrected chi connectivity index (χ0v) is 8.30. The van der Waals surface area contributed by atoms with Gasteiger partial charge in [-0.3, -0.25) is 0 Å². The molecule has 84 valence electrons. The van der Waals surface area contributed by atoms with Crippen LogP contribution in [0.2, 0.25) is 0 Å². The number of likely N-dealkylation sites (tertiary alicyclic amines) is 2. The van der Waals surface area contributed by atoms with E-state index in [1.54, 1.807) is 4.90 Å². The quantitative estimate of drug-likeness (QED) is 0.606. The van der Waals surface area contributed by atoms with Gasteiger partial charge in [0.05, 0.1) is 6.10 Å². The second-order valence-corrected chi connectivity index (χ2v) is 4.02. The molecule has 0 radical (unpaired) electrons. The minimum absolute atomic E-state index is 0.131. The zero-order valence-electron chi connectivity index (χ0n) is 8.30. The van der Waals surface area contributed by atoms with E-state index in [1.165, 1.54) is 4.90 Å². The molecule has 0 aromatic carbocycles. The lowest BCUT2D eigenvalue weighted by molar-refractivity contribution is -0.141. The Morgan fingerprint density at radius 2 is 1.93 bits per heavy atom. The van der Waals surface area contributed by atoms with Crippen molar-refractivity contribution >= 4 is 12.0 Å². The van der Waals surface area contributed by atoms with Crippen LogP contribution in [-0.4, -0.2) is 63.8 Å². The van der Waals surface area contributed by atoms with Gasteiger partial charge in [-0.05, 0) is 6.42 Å². The number of aliphatic hydroxyl groups excluding tert-OH is 1. The normalized spacial score (nSPS) is 30.2. The second kappa shape index (κ2) is 3.69. The Bertz CT molecular complexity index is 290. The minimum atomic E-state index is -1.04. The molecule has 2 heterocycles. The molecule has 6 heteroatoms. The third kappa shape index (κ3) is 1.77. The van der Waals surface area contributed by atoms with Gasteiger partial charge >= 0.3 is 12.0 Å². The molecule has 2 aliphatic heterocycles. The van der Waals surface area contributed by atoms with Gasteiger partial charge in [-0.25, -0.2) is 9.59 Å². The maximum atomic E-state index is 11.8. The molecule has 15 heavy (non-hydrogen) atoms. The average molecular weight is 214 g/mol. The Kier molecular flexibility index (Phi) is 2.52. The summed E-state index contributed by atoms with van der Waals surface area (Å²) in [6.07, 6.45) is 0.394. The fourth-order valence-electron chi connectivity index (χ4n) is 1.95. The standard InChI is InChI=1S/C9H14N2O4/c12-6-4-7(8(13)14)11(5-6)9(15)10-2-1-3-10/h6-7,12H,1-5H2,(H,13,14)/t6?,7-/m0/s1. The lowest BCUT2D eigenvalue weighted by Crippen LogP contribution is -2.52. The first-order chi connectivity index (χ1) is 7.09. The number of urea groups is 1. The van der Waals surface area contributed by atoms with Crippen molar-refractivity contribution in [2.75, 3.05) is 19.6 Å². The van der Waals surface area contributed by atoms with Crippen LogP contribution in [0.25, 0.3) is 0 Å². The van der Waals surface area contributed by atoms with Crippen molar-refractivity contribution in [2.45, 2.75) is 25.0 Å². The lowest BCUT2D eigenvalue weighted by Gasteiger charge is -2.35. The summed E-state index contributed by atoms with van der Waals surface area (Å²) in [6.45, 7) is 1.52. The first-order valence-electron chi connectivity index (χ1n) is 5.06. The van der Waals surface area contributed by atoms with Crippen molar-refractivity contribution in [3.05, 3.63) is 0 Å². The first-order valence-corrected chi connectivity index (χ1v) is 5.06. The first kappa shape index (κ1) is 10.2. The number of carbonyl (C=O) groups excluding carboxylic acids is 1. The van der Waals surface area contributed by atoms with Gasteiger partial charge in [0.2, 0.25) is 0 Å². The van der Waals surface area contributed by atoms with Gasteiger partial charge in [0.1, 0.15) is 6.04 Å². The van der Waals surface area contributed by atoms with Crippen molar-refractivity contribution in [1.29, 1.82) is 0 Å². The number of hydrogen-bond donors (Lipinski definition) is 2. The number of β-amino-alcohol motifs (C(OH)–C–C–N with tert-alkyl or cyclic N) is 1. The summed E-state index contributed by atoms with van der Waals surface area (Å²) in [7, 11) is 0. The Labute approximate surface area is 87.1 Å². The molecule has 0 aliphatic carbocycles. The molecule has 1 unspecified atom stereocenters. The van der Waals surface area contributed by atoms with Gasteiger partial charge in [0.25, 0.3) is 0 Å². The minimum Gasteiger partial charge on any atom is -0.480 e. The molecule has 2 amide bonds. The van der Waals surface area contributed by atoms with Crippen molar-refractivity contribution in [3.63, 3.8) is 0 Å². The highest BCUT2D eigenvalue weighted by atomic mass is 16.4. The summed E-state index contributed by atoms with van der Waals surface area (Å²) in [5.41, 5.74) is 0. The van der Waals surface area contributed by atoms with E-state index in [0.29, 0.717) is 13.1 Å². The maximum absolute atomic E-state index is 11.8. The van der Waals surface area contributed by atoms with Crippen LogP contribution in [0.15, 0.2) is 0 Å². The highest BCUT2D eigenvalue weighted by Crippen LogP contribution is 2.21. The zero-order chi connectivity index (χ0) is 11.0. The van der Waals surface area contributed by atoms with E-state index in [1.807, 2.05) is 0 Å². The van der Waals surface area contributed by atoms with Gasteiger partial charge in [-0.2, -0.15) is 0 Å². The molecule has 2 fully saturated rings. The van der Waals surface area contributed by atoms with Crippen LogP contribution in [0, 0.1) is 0 Å². The molecular weight excluding hydrogens is 200 g/mol. The van der Waals surface area contributed by atoms with E-state index in [2.05, 4.69) is 0 Å². The maximum Gasteiger partial charge on any atom is 0.326 e. The van der Waals surface area contributed by atoms with E-state index < -0.39 is 18.1 Å². The topological polar surface area (TPSA) is 81.1 Å². The van der Waals surface area contributed by atoms with Crippen LogP contribution >= 0.6 is 0 Å². The number of carbonyl (C=O) groups is 2. The van der Waals surface area contributed by atoms with E-state index >= 15 is 0 Å². The summed E-state index contributed by atoms with van der Waals surface area (Å²) in [5, 5.41) is 18.3. The average Bonchev–Trinajstić information content (AvgIpc) is 2.44. The molecule has 2 atom stereocenters. The second-order valence-electron chi connectivity index (χ2n) is 4.02. The van der Waals surface area contributed by atoms with Crippen molar-refractivity contribution < 1.29 is 19.8 Å².